The summed E-state index contributed by atoms with van der Waals surface area (Å²) in [5, 5.41) is 3.45. The minimum atomic E-state index is -0.0162. The van der Waals surface area contributed by atoms with Crippen molar-refractivity contribution < 1.29 is 4.74 Å². The van der Waals surface area contributed by atoms with Gasteiger partial charge in [-0.2, -0.15) is 0 Å². The van der Waals surface area contributed by atoms with Crippen LogP contribution in [0.25, 0.3) is 6.08 Å². The topological polar surface area (TPSA) is 37.4 Å². The molecule has 4 aliphatic heterocycles. The van der Waals surface area contributed by atoms with Crippen LogP contribution in [0.3, 0.4) is 0 Å². The van der Waals surface area contributed by atoms with Crippen molar-refractivity contribution in [1.29, 1.82) is 0 Å². The van der Waals surface area contributed by atoms with E-state index in [-0.39, 0.29) is 5.60 Å². The van der Waals surface area contributed by atoms with Crippen molar-refractivity contribution in [3.05, 3.63) is 59.8 Å². The largest absolute Gasteiger partial charge is 0.469 e. The van der Waals surface area contributed by atoms with Crippen LogP contribution < -0.4 is 10.1 Å². The molecule has 0 aliphatic carbocycles. The van der Waals surface area contributed by atoms with Crippen molar-refractivity contribution in [1.82, 2.24) is 9.88 Å². The van der Waals surface area contributed by atoms with Crippen LogP contribution in [-0.2, 0) is 6.42 Å². The number of pyridine rings is 1. The number of piperidine rings is 3. The molecular formula is C22H25N3O. The van der Waals surface area contributed by atoms with Gasteiger partial charge in [-0.1, -0.05) is 42.5 Å². The number of benzene rings is 1. The Morgan fingerprint density at radius 3 is 2.85 bits per heavy atom. The number of nitrogens with one attached hydrogen (secondary N) is 1. The van der Waals surface area contributed by atoms with Gasteiger partial charge >= 0.3 is 0 Å². The SMILES string of the molecule is C(=Cc1ccccc1)CNc1cnc2c(c1)C[C@@]1(CN3CCC1CC3)O2. The molecular weight excluding hydrogens is 322 g/mol. The molecule has 0 saturated carbocycles. The molecule has 1 aromatic heterocycles. The summed E-state index contributed by atoms with van der Waals surface area (Å²) in [6.45, 7) is 4.33. The van der Waals surface area contributed by atoms with Gasteiger partial charge in [0.15, 0.2) is 0 Å². The fraction of sp³-hybridized carbons (Fsp3) is 0.409. The smallest absolute Gasteiger partial charge is 0.217 e. The predicted octanol–water partition coefficient (Wildman–Crippen LogP) is 3.61. The second kappa shape index (κ2) is 6.44. The summed E-state index contributed by atoms with van der Waals surface area (Å²) in [4.78, 5) is 7.16. The van der Waals surface area contributed by atoms with E-state index in [1.807, 2.05) is 12.3 Å². The number of ether oxygens (including phenoxy) is 1. The van der Waals surface area contributed by atoms with Crippen LogP contribution in [0, 0.1) is 5.92 Å². The number of aromatic nitrogens is 1. The Hall–Kier alpha value is -2.33. The van der Waals surface area contributed by atoms with E-state index >= 15 is 0 Å². The minimum absolute atomic E-state index is 0.0162. The molecule has 4 aliphatic rings. The van der Waals surface area contributed by atoms with Crippen molar-refractivity contribution in [2.75, 3.05) is 31.5 Å². The van der Waals surface area contributed by atoms with E-state index in [0.29, 0.717) is 5.92 Å². The van der Waals surface area contributed by atoms with Crippen LogP contribution in [0.5, 0.6) is 5.88 Å². The lowest BCUT2D eigenvalue weighted by atomic mass is 9.73. The summed E-state index contributed by atoms with van der Waals surface area (Å²) in [5.74, 6) is 1.54. The Labute approximate surface area is 154 Å². The zero-order chi connectivity index (χ0) is 17.4. The molecule has 1 N–H and O–H groups in total. The van der Waals surface area contributed by atoms with Gasteiger partial charge in [-0.25, -0.2) is 4.98 Å². The molecule has 3 saturated heterocycles. The van der Waals surface area contributed by atoms with Gasteiger partial charge in [-0.3, -0.25) is 4.90 Å². The molecule has 3 fully saturated rings. The highest BCUT2D eigenvalue weighted by Gasteiger charge is 2.52. The van der Waals surface area contributed by atoms with Crippen molar-refractivity contribution >= 4 is 11.8 Å². The summed E-state index contributed by atoms with van der Waals surface area (Å²) in [6.07, 6.45) is 9.72. The van der Waals surface area contributed by atoms with Crippen molar-refractivity contribution in [3.8, 4) is 5.88 Å². The van der Waals surface area contributed by atoms with Gasteiger partial charge in [-0.15, -0.1) is 0 Å². The Morgan fingerprint density at radius 2 is 2.08 bits per heavy atom. The first-order valence-electron chi connectivity index (χ1n) is 9.67. The van der Waals surface area contributed by atoms with Crippen LogP contribution in [0.15, 0.2) is 48.7 Å². The third-order valence-electron chi connectivity index (χ3n) is 6.07. The molecule has 134 valence electrons. The zero-order valence-corrected chi connectivity index (χ0v) is 15.0. The van der Waals surface area contributed by atoms with E-state index in [2.05, 4.69) is 57.7 Å². The average Bonchev–Trinajstić information content (AvgIpc) is 3.03. The van der Waals surface area contributed by atoms with Gasteiger partial charge in [0.05, 0.1) is 11.9 Å². The molecule has 0 unspecified atom stereocenters. The first-order chi connectivity index (χ1) is 12.8. The highest BCUT2D eigenvalue weighted by molar-refractivity contribution is 5.52. The number of nitrogens with zero attached hydrogens (tertiary/aromatic N) is 2. The molecule has 0 radical (unpaired) electrons. The van der Waals surface area contributed by atoms with Crippen LogP contribution in [0.2, 0.25) is 0 Å². The fourth-order valence-electron chi connectivity index (χ4n) is 4.74. The zero-order valence-electron chi connectivity index (χ0n) is 15.0. The molecule has 26 heavy (non-hydrogen) atoms. The van der Waals surface area contributed by atoms with E-state index in [9.17, 15) is 0 Å². The fourth-order valence-corrected chi connectivity index (χ4v) is 4.74. The molecule has 4 nitrogen and oxygen atoms in total. The van der Waals surface area contributed by atoms with Gasteiger partial charge in [0.1, 0.15) is 5.60 Å². The lowest BCUT2D eigenvalue weighted by Gasteiger charge is -2.50. The highest BCUT2D eigenvalue weighted by Crippen LogP contribution is 2.46. The summed E-state index contributed by atoms with van der Waals surface area (Å²) in [5.41, 5.74) is 3.54. The Morgan fingerprint density at radius 1 is 1.23 bits per heavy atom. The maximum absolute atomic E-state index is 6.41. The minimum Gasteiger partial charge on any atom is -0.469 e. The second-order valence-electron chi connectivity index (χ2n) is 7.78. The maximum atomic E-state index is 6.41. The Balaban J connectivity index is 1.24. The van der Waals surface area contributed by atoms with Crippen LogP contribution >= 0.6 is 0 Å². The van der Waals surface area contributed by atoms with E-state index < -0.39 is 0 Å². The summed E-state index contributed by atoms with van der Waals surface area (Å²) in [7, 11) is 0. The molecule has 4 heteroatoms. The Bertz CT molecular complexity index is 811. The number of hydrogen-bond donors (Lipinski definition) is 1. The molecule has 0 amide bonds. The van der Waals surface area contributed by atoms with E-state index in [0.717, 1.165) is 31.1 Å². The summed E-state index contributed by atoms with van der Waals surface area (Å²) >= 11 is 0. The lowest BCUT2D eigenvalue weighted by molar-refractivity contribution is -0.0814. The summed E-state index contributed by atoms with van der Waals surface area (Å²) < 4.78 is 6.41. The normalized spacial score (nSPS) is 29.1. The third-order valence-corrected chi connectivity index (χ3v) is 6.07. The first kappa shape index (κ1) is 15.9. The number of rotatable bonds is 4. The van der Waals surface area contributed by atoms with Gasteiger partial charge in [0, 0.05) is 31.0 Å². The molecule has 6 rings (SSSR count). The van der Waals surface area contributed by atoms with Crippen molar-refractivity contribution in [2.45, 2.75) is 24.9 Å². The van der Waals surface area contributed by atoms with E-state index in [1.54, 1.807) is 0 Å². The molecule has 2 aromatic rings. The van der Waals surface area contributed by atoms with E-state index in [1.165, 1.54) is 37.1 Å². The average molecular weight is 347 g/mol. The van der Waals surface area contributed by atoms with Crippen molar-refractivity contribution in [3.63, 3.8) is 0 Å². The summed E-state index contributed by atoms with van der Waals surface area (Å²) in [6, 6.07) is 12.6. The Kier molecular flexibility index (Phi) is 3.93. The number of fused-ring (bicyclic) bond motifs is 3. The van der Waals surface area contributed by atoms with E-state index in [4.69, 9.17) is 4.74 Å². The molecule has 5 heterocycles. The lowest BCUT2D eigenvalue weighted by Crippen LogP contribution is -2.61. The van der Waals surface area contributed by atoms with Gasteiger partial charge in [0.25, 0.3) is 0 Å². The van der Waals surface area contributed by atoms with Crippen molar-refractivity contribution in [2.24, 2.45) is 5.92 Å². The van der Waals surface area contributed by atoms with Gasteiger partial charge in [-0.05, 0) is 37.6 Å². The second-order valence-corrected chi connectivity index (χ2v) is 7.78. The molecule has 1 atom stereocenters. The molecule has 2 bridgehead atoms. The van der Waals surface area contributed by atoms with Crippen LogP contribution in [0.4, 0.5) is 5.69 Å². The standard InChI is InChI=1S/C22H25N3O/c1-2-5-17(6-3-1)7-4-10-23-20-13-18-14-22(26-21(18)24-15-20)16-25-11-8-19(22)9-12-25/h1-7,13,15,19,23H,8-12,14,16H2/t22-/m0/s1. The quantitative estimate of drug-likeness (QED) is 0.917. The molecule has 1 aromatic carbocycles. The third kappa shape index (κ3) is 2.88. The van der Waals surface area contributed by atoms with Crippen LogP contribution in [0.1, 0.15) is 24.0 Å². The first-order valence-corrected chi connectivity index (χ1v) is 9.67. The van der Waals surface area contributed by atoms with Crippen LogP contribution in [-0.4, -0.2) is 41.7 Å². The highest BCUT2D eigenvalue weighted by atomic mass is 16.5. The number of hydrogen-bond acceptors (Lipinski definition) is 4. The number of anilines is 1. The molecule has 1 spiro atoms. The monoisotopic (exact) mass is 347 g/mol. The van der Waals surface area contributed by atoms with Gasteiger partial charge in [0.2, 0.25) is 5.88 Å². The van der Waals surface area contributed by atoms with Gasteiger partial charge < -0.3 is 10.1 Å². The predicted molar refractivity (Wildman–Crippen MR) is 104 cm³/mol. The maximum Gasteiger partial charge on any atom is 0.217 e.